The summed E-state index contributed by atoms with van der Waals surface area (Å²) in [5.41, 5.74) is 1.40. The lowest BCUT2D eigenvalue weighted by Gasteiger charge is -2.14. The molecule has 0 spiro atoms. The predicted octanol–water partition coefficient (Wildman–Crippen LogP) is 2.39. The van der Waals surface area contributed by atoms with Gasteiger partial charge in [0.15, 0.2) is 6.10 Å². The van der Waals surface area contributed by atoms with Gasteiger partial charge < -0.3 is 14.8 Å². The second kappa shape index (κ2) is 5.63. The van der Waals surface area contributed by atoms with Crippen molar-refractivity contribution in [1.82, 2.24) is 5.32 Å². The van der Waals surface area contributed by atoms with Crippen LogP contribution in [0.15, 0.2) is 18.2 Å². The Labute approximate surface area is 130 Å². The number of hydrogen-bond donors (Lipinski definition) is 1. The molecule has 3 unspecified atom stereocenters. The van der Waals surface area contributed by atoms with Crippen molar-refractivity contribution < 1.29 is 19.1 Å². The van der Waals surface area contributed by atoms with Crippen LogP contribution in [0.2, 0.25) is 0 Å². The molecule has 118 valence electrons. The van der Waals surface area contributed by atoms with E-state index in [4.69, 9.17) is 9.47 Å². The van der Waals surface area contributed by atoms with Crippen LogP contribution in [-0.2, 0) is 9.53 Å². The minimum atomic E-state index is -0.805. The maximum absolute atomic E-state index is 12.4. The number of ether oxygens (including phenoxy) is 2. The first-order valence-electron chi connectivity index (χ1n) is 7.78. The fraction of sp³-hybridized carbons (Fsp3) is 0.529. The van der Waals surface area contributed by atoms with Crippen molar-refractivity contribution in [2.24, 2.45) is 0 Å². The Morgan fingerprint density at radius 1 is 1.32 bits per heavy atom. The molecule has 0 radical (unpaired) electrons. The smallest absolute Gasteiger partial charge is 0.342 e. The summed E-state index contributed by atoms with van der Waals surface area (Å²) in [5, 5.41) is 2.83. The van der Waals surface area contributed by atoms with Crippen LogP contribution in [0.3, 0.4) is 0 Å². The first kappa shape index (κ1) is 14.9. The van der Waals surface area contributed by atoms with Gasteiger partial charge in [-0.2, -0.15) is 0 Å². The molecule has 5 nitrogen and oxygen atoms in total. The van der Waals surface area contributed by atoms with Gasteiger partial charge in [0.1, 0.15) is 17.4 Å². The molecule has 0 bridgehead atoms. The number of carbonyl (C=O) groups excluding carboxylic acids is 2. The first-order valence-corrected chi connectivity index (χ1v) is 7.78. The Kier molecular flexibility index (Phi) is 3.81. The van der Waals surface area contributed by atoms with E-state index in [0.717, 1.165) is 18.4 Å². The Balaban J connectivity index is 1.72. The summed E-state index contributed by atoms with van der Waals surface area (Å²) in [4.78, 5) is 24.2. The highest BCUT2D eigenvalue weighted by atomic mass is 16.6. The van der Waals surface area contributed by atoms with E-state index in [1.807, 2.05) is 19.1 Å². The second-order valence-electron chi connectivity index (χ2n) is 6.17. The maximum atomic E-state index is 12.4. The van der Waals surface area contributed by atoms with Crippen LogP contribution in [0.5, 0.6) is 5.75 Å². The van der Waals surface area contributed by atoms with Crippen LogP contribution >= 0.6 is 0 Å². The van der Waals surface area contributed by atoms with Crippen LogP contribution < -0.4 is 10.1 Å². The lowest BCUT2D eigenvalue weighted by molar-refractivity contribution is -0.129. The summed E-state index contributed by atoms with van der Waals surface area (Å²) in [6.45, 7) is 5.63. The van der Waals surface area contributed by atoms with Gasteiger partial charge in [-0.1, -0.05) is 19.1 Å². The molecule has 3 rings (SSSR count). The maximum Gasteiger partial charge on any atom is 0.342 e. The number of rotatable bonds is 4. The third kappa shape index (κ3) is 2.80. The monoisotopic (exact) mass is 303 g/mol. The molecule has 0 aromatic heterocycles. The molecule has 1 heterocycles. The summed E-state index contributed by atoms with van der Waals surface area (Å²) >= 11 is 0. The molecule has 1 aromatic rings. The number of benzene rings is 1. The molecule has 1 fully saturated rings. The number of amides is 1. The van der Waals surface area contributed by atoms with Gasteiger partial charge in [-0.15, -0.1) is 0 Å². The molecule has 5 heteroatoms. The number of carbonyl (C=O) groups is 2. The number of hydrogen-bond acceptors (Lipinski definition) is 4. The van der Waals surface area contributed by atoms with Crippen LogP contribution in [0.25, 0.3) is 0 Å². The summed E-state index contributed by atoms with van der Waals surface area (Å²) in [6.07, 6.45) is 1.23. The molecule has 1 amide bonds. The van der Waals surface area contributed by atoms with E-state index in [9.17, 15) is 9.59 Å². The summed E-state index contributed by atoms with van der Waals surface area (Å²) in [5.74, 6) is 0.0586. The molecule has 1 N–H and O–H groups in total. The number of esters is 1. The highest BCUT2D eigenvalue weighted by molar-refractivity contribution is 5.95. The van der Waals surface area contributed by atoms with E-state index in [1.54, 1.807) is 13.0 Å². The molecule has 2 aliphatic rings. The van der Waals surface area contributed by atoms with Gasteiger partial charge in [0, 0.05) is 17.5 Å². The molecule has 1 aromatic carbocycles. The molecule has 1 aliphatic carbocycles. The third-order valence-electron chi connectivity index (χ3n) is 4.34. The average molecular weight is 303 g/mol. The molecule has 1 aliphatic heterocycles. The first-order chi connectivity index (χ1) is 10.5. The van der Waals surface area contributed by atoms with Crippen molar-refractivity contribution in [3.05, 3.63) is 29.3 Å². The Hall–Kier alpha value is -2.04. The van der Waals surface area contributed by atoms with Crippen molar-refractivity contribution in [3.8, 4) is 5.75 Å². The molecule has 1 saturated carbocycles. The summed E-state index contributed by atoms with van der Waals surface area (Å²) in [6, 6.07) is 5.71. The molecule has 22 heavy (non-hydrogen) atoms. The van der Waals surface area contributed by atoms with E-state index in [1.165, 1.54) is 0 Å². The van der Waals surface area contributed by atoms with Gasteiger partial charge in [0.25, 0.3) is 5.91 Å². The van der Waals surface area contributed by atoms with Crippen molar-refractivity contribution in [3.63, 3.8) is 0 Å². The normalized spacial score (nSPS) is 24.1. The zero-order chi connectivity index (χ0) is 15.9. The van der Waals surface area contributed by atoms with Crippen LogP contribution in [0.1, 0.15) is 55.5 Å². The Morgan fingerprint density at radius 2 is 2.05 bits per heavy atom. The van der Waals surface area contributed by atoms with Gasteiger partial charge in [-0.05, 0) is 32.8 Å². The summed E-state index contributed by atoms with van der Waals surface area (Å²) in [7, 11) is 0. The predicted molar refractivity (Wildman–Crippen MR) is 81.0 cm³/mol. The van der Waals surface area contributed by atoms with Crippen LogP contribution in [0, 0.1) is 0 Å². The van der Waals surface area contributed by atoms with Crippen molar-refractivity contribution in [2.75, 3.05) is 0 Å². The Morgan fingerprint density at radius 3 is 2.73 bits per heavy atom. The lowest BCUT2D eigenvalue weighted by Crippen LogP contribution is -2.37. The minimum absolute atomic E-state index is 0.0274. The quantitative estimate of drug-likeness (QED) is 0.868. The van der Waals surface area contributed by atoms with E-state index in [2.05, 4.69) is 12.2 Å². The molecule has 3 atom stereocenters. The van der Waals surface area contributed by atoms with E-state index < -0.39 is 12.1 Å². The second-order valence-corrected chi connectivity index (χ2v) is 6.17. The average Bonchev–Trinajstić information content (AvgIpc) is 3.25. The number of para-hydroxylation sites is 1. The van der Waals surface area contributed by atoms with Gasteiger partial charge in [0.05, 0.1) is 0 Å². The third-order valence-corrected chi connectivity index (χ3v) is 4.34. The number of fused-ring (bicyclic) bond motifs is 1. The topological polar surface area (TPSA) is 64.6 Å². The summed E-state index contributed by atoms with van der Waals surface area (Å²) < 4.78 is 11.1. The van der Waals surface area contributed by atoms with Gasteiger partial charge in [-0.3, -0.25) is 4.79 Å². The van der Waals surface area contributed by atoms with Gasteiger partial charge >= 0.3 is 5.97 Å². The highest BCUT2D eigenvalue weighted by Crippen LogP contribution is 2.40. The largest absolute Gasteiger partial charge is 0.489 e. The molecule has 0 saturated heterocycles. The standard InChI is InChI=1S/C17H21NO4/c1-9-10(2)21-15-13(9)5-4-6-14(15)17(20)22-11(3)16(19)18-12-7-8-12/h4-6,9-12H,7-8H2,1-3H3,(H,18,19). The zero-order valence-corrected chi connectivity index (χ0v) is 13.1. The fourth-order valence-corrected chi connectivity index (χ4v) is 2.57. The van der Waals surface area contributed by atoms with E-state index >= 15 is 0 Å². The van der Waals surface area contributed by atoms with E-state index in [0.29, 0.717) is 11.3 Å². The zero-order valence-electron chi connectivity index (χ0n) is 13.1. The van der Waals surface area contributed by atoms with Crippen molar-refractivity contribution >= 4 is 11.9 Å². The van der Waals surface area contributed by atoms with Gasteiger partial charge in [0.2, 0.25) is 0 Å². The van der Waals surface area contributed by atoms with Crippen LogP contribution in [0.4, 0.5) is 0 Å². The van der Waals surface area contributed by atoms with Gasteiger partial charge in [-0.25, -0.2) is 4.79 Å². The molecular formula is C17H21NO4. The van der Waals surface area contributed by atoms with Crippen molar-refractivity contribution in [1.29, 1.82) is 0 Å². The number of nitrogens with one attached hydrogen (secondary N) is 1. The SMILES string of the molecule is CC(OC(=O)c1cccc2c1OC(C)C2C)C(=O)NC1CC1. The van der Waals surface area contributed by atoms with E-state index in [-0.39, 0.29) is 24.0 Å². The lowest BCUT2D eigenvalue weighted by atomic mass is 9.97. The van der Waals surface area contributed by atoms with Crippen LogP contribution in [-0.4, -0.2) is 30.1 Å². The van der Waals surface area contributed by atoms with Crippen molar-refractivity contribution in [2.45, 2.75) is 57.8 Å². The Bertz CT molecular complexity index is 609. The highest BCUT2D eigenvalue weighted by Gasteiger charge is 2.33. The molecular weight excluding hydrogens is 282 g/mol. The fourth-order valence-electron chi connectivity index (χ4n) is 2.57. The minimum Gasteiger partial charge on any atom is -0.489 e.